The largest absolute Gasteiger partial charge is 0.573 e. The van der Waals surface area contributed by atoms with Crippen LogP contribution >= 0.6 is 0 Å². The number of carbonyl (C=O) groups excluding carboxylic acids is 1. The second-order valence-corrected chi connectivity index (χ2v) is 6.59. The number of carbonyl (C=O) groups is 1. The van der Waals surface area contributed by atoms with Crippen LogP contribution < -0.4 is 4.74 Å². The molecule has 1 heterocycles. The number of amides is 1. The normalized spacial score (nSPS) is 27.5. The Labute approximate surface area is 138 Å². The quantitative estimate of drug-likeness (QED) is 0.896. The molecule has 2 fully saturated rings. The summed E-state index contributed by atoms with van der Waals surface area (Å²) in [5.41, 5.74) is -0.840. The third-order valence-electron chi connectivity index (χ3n) is 5.06. The lowest BCUT2D eigenvalue weighted by atomic mass is 9.71. The topological polar surface area (TPSA) is 49.8 Å². The molecule has 1 aliphatic carbocycles. The number of benzene rings is 1. The van der Waals surface area contributed by atoms with Gasteiger partial charge in [-0.05, 0) is 31.4 Å². The Kier molecular flexibility index (Phi) is 4.46. The first-order chi connectivity index (χ1) is 11.3. The van der Waals surface area contributed by atoms with E-state index in [1.807, 2.05) is 0 Å². The first-order valence-corrected chi connectivity index (χ1v) is 8.15. The van der Waals surface area contributed by atoms with Crippen LogP contribution in [0, 0.1) is 5.92 Å². The summed E-state index contributed by atoms with van der Waals surface area (Å²) in [7, 11) is 0. The van der Waals surface area contributed by atoms with Gasteiger partial charge in [-0.2, -0.15) is 0 Å². The van der Waals surface area contributed by atoms with Crippen molar-refractivity contribution in [2.45, 2.75) is 44.1 Å². The maximum Gasteiger partial charge on any atom is 0.573 e. The molecule has 1 saturated carbocycles. The maximum absolute atomic E-state index is 12.7. The van der Waals surface area contributed by atoms with E-state index >= 15 is 0 Å². The van der Waals surface area contributed by atoms with Gasteiger partial charge >= 0.3 is 6.36 Å². The van der Waals surface area contributed by atoms with Crippen molar-refractivity contribution in [3.8, 4) is 5.75 Å². The number of hydrogen-bond donors (Lipinski definition) is 1. The highest BCUT2D eigenvalue weighted by Gasteiger charge is 2.44. The van der Waals surface area contributed by atoms with Gasteiger partial charge in [0.05, 0.1) is 11.2 Å². The van der Waals surface area contributed by atoms with Crippen molar-refractivity contribution >= 4 is 5.91 Å². The van der Waals surface area contributed by atoms with Crippen LogP contribution in [-0.2, 0) is 0 Å². The minimum atomic E-state index is -4.85. The lowest BCUT2D eigenvalue weighted by Crippen LogP contribution is -2.54. The van der Waals surface area contributed by atoms with Crippen LogP contribution in [-0.4, -0.2) is 41.0 Å². The van der Waals surface area contributed by atoms with Crippen molar-refractivity contribution in [2.24, 2.45) is 5.92 Å². The molecule has 1 saturated heterocycles. The highest BCUT2D eigenvalue weighted by Crippen LogP contribution is 2.40. The van der Waals surface area contributed by atoms with E-state index in [4.69, 9.17) is 0 Å². The molecule has 132 valence electrons. The van der Waals surface area contributed by atoms with Gasteiger partial charge in [0.15, 0.2) is 0 Å². The van der Waals surface area contributed by atoms with E-state index in [1.54, 1.807) is 0 Å². The SMILES string of the molecule is O=C(c1ccccc1OC(F)(F)F)N1CCC2(O)CCCCC2C1. The van der Waals surface area contributed by atoms with Gasteiger partial charge in [0.2, 0.25) is 0 Å². The fourth-order valence-electron chi connectivity index (χ4n) is 3.78. The Morgan fingerprint density at radius 1 is 1.25 bits per heavy atom. The van der Waals surface area contributed by atoms with Crippen molar-refractivity contribution in [1.29, 1.82) is 0 Å². The molecular formula is C17H20F3NO3. The van der Waals surface area contributed by atoms with Gasteiger partial charge in [0, 0.05) is 19.0 Å². The molecule has 2 unspecified atom stereocenters. The number of halogens is 3. The minimum absolute atomic E-state index is 0.0142. The van der Waals surface area contributed by atoms with E-state index in [-0.39, 0.29) is 11.5 Å². The minimum Gasteiger partial charge on any atom is -0.405 e. The molecule has 7 heteroatoms. The highest BCUT2D eigenvalue weighted by atomic mass is 19.4. The second kappa shape index (κ2) is 6.27. The molecule has 2 aliphatic rings. The fourth-order valence-corrected chi connectivity index (χ4v) is 3.78. The molecule has 24 heavy (non-hydrogen) atoms. The van der Waals surface area contributed by atoms with Crippen molar-refractivity contribution < 1.29 is 27.8 Å². The summed E-state index contributed by atoms with van der Waals surface area (Å²) < 4.78 is 41.5. The van der Waals surface area contributed by atoms with E-state index in [9.17, 15) is 23.1 Å². The van der Waals surface area contributed by atoms with Crippen molar-refractivity contribution in [2.75, 3.05) is 13.1 Å². The summed E-state index contributed by atoms with van der Waals surface area (Å²) in [6, 6.07) is 5.39. The van der Waals surface area contributed by atoms with E-state index in [1.165, 1.54) is 23.1 Å². The number of piperidine rings is 1. The van der Waals surface area contributed by atoms with Gasteiger partial charge in [0.25, 0.3) is 5.91 Å². The molecule has 1 aliphatic heterocycles. The van der Waals surface area contributed by atoms with Crippen LogP contribution in [0.15, 0.2) is 24.3 Å². The molecule has 2 atom stereocenters. The Morgan fingerprint density at radius 3 is 2.75 bits per heavy atom. The smallest absolute Gasteiger partial charge is 0.405 e. The van der Waals surface area contributed by atoms with E-state index in [0.717, 1.165) is 31.7 Å². The average Bonchev–Trinajstić information content (AvgIpc) is 2.52. The Balaban J connectivity index is 1.78. The number of para-hydroxylation sites is 1. The van der Waals surface area contributed by atoms with Crippen molar-refractivity contribution in [1.82, 2.24) is 4.90 Å². The summed E-state index contributed by atoms with van der Waals surface area (Å²) in [6.45, 7) is 0.710. The molecular weight excluding hydrogens is 323 g/mol. The monoisotopic (exact) mass is 343 g/mol. The van der Waals surface area contributed by atoms with Crippen molar-refractivity contribution in [3.63, 3.8) is 0 Å². The molecule has 0 aromatic heterocycles. The summed E-state index contributed by atoms with van der Waals surface area (Å²) in [5, 5.41) is 10.7. The van der Waals surface area contributed by atoms with Crippen LogP contribution in [0.4, 0.5) is 13.2 Å². The fraction of sp³-hybridized carbons (Fsp3) is 0.588. The Morgan fingerprint density at radius 2 is 2.00 bits per heavy atom. The predicted octanol–water partition coefficient (Wildman–Crippen LogP) is 3.35. The van der Waals surface area contributed by atoms with Crippen LogP contribution in [0.5, 0.6) is 5.75 Å². The highest BCUT2D eigenvalue weighted by molar-refractivity contribution is 5.97. The number of rotatable bonds is 2. The molecule has 4 nitrogen and oxygen atoms in total. The van der Waals surface area contributed by atoms with E-state index in [2.05, 4.69) is 4.74 Å². The number of alkyl halides is 3. The average molecular weight is 343 g/mol. The number of likely N-dealkylation sites (tertiary alicyclic amines) is 1. The summed E-state index contributed by atoms with van der Waals surface area (Å²) >= 11 is 0. The molecule has 1 aromatic carbocycles. The van der Waals surface area contributed by atoms with Crippen LogP contribution in [0.25, 0.3) is 0 Å². The van der Waals surface area contributed by atoms with Gasteiger partial charge in [-0.25, -0.2) is 0 Å². The summed E-state index contributed by atoms with van der Waals surface area (Å²) in [4.78, 5) is 14.2. The van der Waals surface area contributed by atoms with Crippen molar-refractivity contribution in [3.05, 3.63) is 29.8 Å². The van der Waals surface area contributed by atoms with E-state index in [0.29, 0.717) is 19.5 Å². The zero-order valence-corrected chi connectivity index (χ0v) is 13.2. The van der Waals surface area contributed by atoms with Gasteiger partial charge in [-0.15, -0.1) is 13.2 Å². The first-order valence-electron chi connectivity index (χ1n) is 8.15. The summed E-state index contributed by atoms with van der Waals surface area (Å²) in [6.07, 6.45) is -0.839. The number of nitrogens with zero attached hydrogens (tertiary/aromatic N) is 1. The molecule has 3 rings (SSSR count). The lowest BCUT2D eigenvalue weighted by molar-refractivity contribution is -0.274. The van der Waals surface area contributed by atoms with Gasteiger partial charge < -0.3 is 14.7 Å². The van der Waals surface area contributed by atoms with Gasteiger partial charge in [-0.3, -0.25) is 4.79 Å². The number of fused-ring (bicyclic) bond motifs is 1. The van der Waals surface area contributed by atoms with Gasteiger partial charge in [0.1, 0.15) is 5.75 Å². The molecule has 1 N–H and O–H groups in total. The molecule has 1 aromatic rings. The third-order valence-corrected chi connectivity index (χ3v) is 5.06. The number of ether oxygens (including phenoxy) is 1. The predicted molar refractivity (Wildman–Crippen MR) is 80.6 cm³/mol. The summed E-state index contributed by atoms with van der Waals surface area (Å²) in [5.74, 6) is -0.985. The van der Waals surface area contributed by atoms with Crippen LogP contribution in [0.2, 0.25) is 0 Å². The zero-order chi connectivity index (χ0) is 17.4. The standard InChI is InChI=1S/C17H20F3NO3/c18-17(19,20)24-14-7-2-1-6-13(14)15(22)21-10-9-16(23)8-4-3-5-12(16)11-21/h1-2,6-7,12,23H,3-5,8-11H2. The third kappa shape index (κ3) is 3.50. The van der Waals surface area contributed by atoms with E-state index < -0.39 is 23.6 Å². The molecule has 1 amide bonds. The van der Waals surface area contributed by atoms with Gasteiger partial charge in [-0.1, -0.05) is 25.0 Å². The lowest BCUT2D eigenvalue weighted by Gasteiger charge is -2.47. The second-order valence-electron chi connectivity index (χ2n) is 6.59. The molecule has 0 bridgehead atoms. The zero-order valence-electron chi connectivity index (χ0n) is 13.2. The molecule has 0 spiro atoms. The number of hydrogen-bond acceptors (Lipinski definition) is 3. The van der Waals surface area contributed by atoms with Crippen LogP contribution in [0.3, 0.4) is 0 Å². The maximum atomic E-state index is 12.7. The Bertz CT molecular complexity index is 619. The molecule has 0 radical (unpaired) electrons. The number of aliphatic hydroxyl groups is 1. The Hall–Kier alpha value is -1.76. The van der Waals surface area contributed by atoms with Crippen LogP contribution in [0.1, 0.15) is 42.5 Å². The first kappa shape index (κ1) is 17.1.